The van der Waals surface area contributed by atoms with Crippen molar-refractivity contribution < 1.29 is 19.1 Å². The van der Waals surface area contributed by atoms with Crippen LogP contribution in [-0.2, 0) is 20.9 Å². The fourth-order valence-corrected chi connectivity index (χ4v) is 4.50. The molecule has 1 heterocycles. The Morgan fingerprint density at radius 1 is 1.03 bits per heavy atom. The monoisotopic (exact) mass is 489 g/mol. The number of aryl methyl sites for hydroxylation is 2. The number of para-hydroxylation sites is 2. The van der Waals surface area contributed by atoms with Crippen LogP contribution in [0.3, 0.4) is 0 Å². The number of nitrogens with zero attached hydrogens (tertiary/aromatic N) is 2. The molecule has 1 aromatic heterocycles. The minimum absolute atomic E-state index is 0.0398. The molecule has 35 heavy (non-hydrogen) atoms. The zero-order valence-electron chi connectivity index (χ0n) is 19.9. The average Bonchev–Trinajstić information content (AvgIpc) is 3.20. The number of benzene rings is 3. The van der Waals surface area contributed by atoms with Crippen molar-refractivity contribution in [2.45, 2.75) is 25.5 Å². The molecule has 3 aromatic carbocycles. The maximum absolute atomic E-state index is 12.4. The third-order valence-electron chi connectivity index (χ3n) is 5.52. The molecule has 7 nitrogen and oxygen atoms in total. The largest absolute Gasteiger partial charge is 0.495 e. The van der Waals surface area contributed by atoms with E-state index >= 15 is 0 Å². The summed E-state index contributed by atoms with van der Waals surface area (Å²) in [5.74, 6) is -0.341. The summed E-state index contributed by atoms with van der Waals surface area (Å²) >= 11 is 1.30. The Hall–Kier alpha value is -3.78. The summed E-state index contributed by atoms with van der Waals surface area (Å²) in [7, 11) is 1.53. The number of hydrogen-bond acceptors (Lipinski definition) is 6. The second-order valence-electron chi connectivity index (χ2n) is 8.10. The van der Waals surface area contributed by atoms with Crippen molar-refractivity contribution in [3.8, 4) is 5.75 Å². The van der Waals surface area contributed by atoms with E-state index in [-0.39, 0.29) is 12.4 Å². The highest BCUT2D eigenvalue weighted by Crippen LogP contribution is 2.27. The van der Waals surface area contributed by atoms with Gasteiger partial charge in [0.1, 0.15) is 5.75 Å². The van der Waals surface area contributed by atoms with Gasteiger partial charge in [-0.1, -0.05) is 54.2 Å². The molecule has 0 bridgehead atoms. The molecule has 8 heteroatoms. The van der Waals surface area contributed by atoms with E-state index < -0.39 is 11.9 Å². The van der Waals surface area contributed by atoms with Gasteiger partial charge >= 0.3 is 5.97 Å². The van der Waals surface area contributed by atoms with Crippen LogP contribution in [0.5, 0.6) is 5.75 Å². The molecule has 0 aliphatic rings. The molecule has 0 aliphatic carbocycles. The average molecular weight is 490 g/mol. The molecule has 0 radical (unpaired) electrons. The highest BCUT2D eigenvalue weighted by atomic mass is 32.2. The van der Waals surface area contributed by atoms with E-state index in [0.29, 0.717) is 18.0 Å². The number of ether oxygens (including phenoxy) is 2. The number of methoxy groups -OCH3 is 1. The number of carbonyl (C=O) groups excluding carboxylic acids is 2. The van der Waals surface area contributed by atoms with Gasteiger partial charge in [0.2, 0.25) is 0 Å². The number of amides is 1. The quantitative estimate of drug-likeness (QED) is 0.264. The number of nitrogens with one attached hydrogen (secondary N) is 1. The second-order valence-corrected chi connectivity index (χ2v) is 9.04. The first kappa shape index (κ1) is 24.3. The lowest BCUT2D eigenvalue weighted by atomic mass is 10.1. The van der Waals surface area contributed by atoms with Crippen LogP contribution in [-0.4, -0.2) is 40.9 Å². The van der Waals surface area contributed by atoms with Crippen LogP contribution < -0.4 is 10.1 Å². The summed E-state index contributed by atoms with van der Waals surface area (Å²) in [6.07, 6.45) is 0. The molecule has 180 valence electrons. The zero-order valence-corrected chi connectivity index (χ0v) is 20.7. The smallest absolute Gasteiger partial charge is 0.316 e. The number of anilines is 1. The highest BCUT2D eigenvalue weighted by molar-refractivity contribution is 7.99. The number of rotatable bonds is 9. The summed E-state index contributed by atoms with van der Waals surface area (Å²) in [4.78, 5) is 29.4. The summed E-state index contributed by atoms with van der Waals surface area (Å²) in [6.45, 7) is 4.26. The van der Waals surface area contributed by atoms with E-state index in [1.54, 1.807) is 12.1 Å². The molecule has 0 unspecified atom stereocenters. The van der Waals surface area contributed by atoms with E-state index in [2.05, 4.69) is 28.9 Å². The molecule has 4 rings (SSSR count). The summed E-state index contributed by atoms with van der Waals surface area (Å²) < 4.78 is 12.6. The Balaban J connectivity index is 1.39. The fraction of sp³-hybridized carbons (Fsp3) is 0.222. The van der Waals surface area contributed by atoms with Crippen molar-refractivity contribution >= 4 is 40.4 Å². The molecular formula is C27H27N3O4S. The van der Waals surface area contributed by atoms with E-state index in [9.17, 15) is 9.59 Å². The fourth-order valence-electron chi connectivity index (χ4n) is 3.69. The Labute approximate surface area is 208 Å². The van der Waals surface area contributed by atoms with Gasteiger partial charge in [0.25, 0.3) is 5.91 Å². The van der Waals surface area contributed by atoms with Crippen molar-refractivity contribution in [3.63, 3.8) is 0 Å². The Kier molecular flexibility index (Phi) is 7.72. The number of carbonyl (C=O) groups is 2. The molecule has 0 atom stereocenters. The van der Waals surface area contributed by atoms with Gasteiger partial charge in [-0.05, 0) is 54.8 Å². The van der Waals surface area contributed by atoms with Crippen LogP contribution in [0.1, 0.15) is 16.7 Å². The summed E-state index contributed by atoms with van der Waals surface area (Å²) in [5.41, 5.74) is 5.75. The van der Waals surface area contributed by atoms with E-state index in [1.807, 2.05) is 49.4 Å². The molecule has 0 spiro atoms. The summed E-state index contributed by atoms with van der Waals surface area (Å²) in [6, 6.07) is 21.6. The maximum Gasteiger partial charge on any atom is 0.316 e. The molecular weight excluding hydrogens is 462 g/mol. The van der Waals surface area contributed by atoms with Crippen molar-refractivity contribution in [1.29, 1.82) is 0 Å². The highest BCUT2D eigenvalue weighted by Gasteiger charge is 2.16. The second kappa shape index (κ2) is 11.1. The lowest BCUT2D eigenvalue weighted by molar-refractivity contribution is -0.144. The third kappa shape index (κ3) is 6.02. The minimum Gasteiger partial charge on any atom is -0.495 e. The molecule has 0 aliphatic heterocycles. The molecule has 1 amide bonds. The Bertz CT molecular complexity index is 1370. The molecule has 1 N–H and O–H groups in total. The third-order valence-corrected chi connectivity index (χ3v) is 6.47. The molecule has 0 saturated carbocycles. The summed E-state index contributed by atoms with van der Waals surface area (Å²) in [5, 5.41) is 3.45. The number of thioether (sulfide) groups is 1. The Morgan fingerprint density at radius 2 is 1.80 bits per heavy atom. The van der Waals surface area contributed by atoms with Crippen LogP contribution >= 0.6 is 11.8 Å². The molecule has 4 aromatic rings. The number of hydrogen-bond donors (Lipinski definition) is 1. The van der Waals surface area contributed by atoms with Crippen LogP contribution in [0.4, 0.5) is 5.69 Å². The van der Waals surface area contributed by atoms with Gasteiger partial charge in [-0.2, -0.15) is 0 Å². The first-order valence-electron chi connectivity index (χ1n) is 11.2. The van der Waals surface area contributed by atoms with Crippen LogP contribution in [0.2, 0.25) is 0 Å². The number of aromatic nitrogens is 2. The Morgan fingerprint density at radius 3 is 2.60 bits per heavy atom. The van der Waals surface area contributed by atoms with Gasteiger partial charge in [0.05, 0.1) is 36.1 Å². The zero-order chi connectivity index (χ0) is 24.8. The number of esters is 1. The van der Waals surface area contributed by atoms with Gasteiger partial charge in [0.15, 0.2) is 11.8 Å². The van der Waals surface area contributed by atoms with Crippen LogP contribution in [0.25, 0.3) is 11.0 Å². The van der Waals surface area contributed by atoms with Crippen LogP contribution in [0.15, 0.2) is 71.9 Å². The minimum atomic E-state index is -0.490. The van der Waals surface area contributed by atoms with E-state index in [4.69, 9.17) is 14.5 Å². The first-order valence-corrected chi connectivity index (χ1v) is 12.2. The van der Waals surface area contributed by atoms with Crippen molar-refractivity contribution in [1.82, 2.24) is 9.55 Å². The van der Waals surface area contributed by atoms with Crippen LogP contribution in [0, 0.1) is 13.8 Å². The van der Waals surface area contributed by atoms with E-state index in [0.717, 1.165) is 21.8 Å². The van der Waals surface area contributed by atoms with Gasteiger partial charge in [-0.3, -0.25) is 9.59 Å². The SMILES string of the molecule is COc1ccc(C)cc1NC(=O)COC(=O)CSc1nc2ccccc2n1Cc1ccccc1C. The maximum atomic E-state index is 12.4. The van der Waals surface area contributed by atoms with Gasteiger partial charge < -0.3 is 19.4 Å². The molecule has 0 saturated heterocycles. The van der Waals surface area contributed by atoms with Crippen molar-refractivity contribution in [2.24, 2.45) is 0 Å². The van der Waals surface area contributed by atoms with Gasteiger partial charge in [0, 0.05) is 0 Å². The van der Waals surface area contributed by atoms with Crippen molar-refractivity contribution in [3.05, 3.63) is 83.4 Å². The predicted octanol–water partition coefficient (Wildman–Crippen LogP) is 4.98. The lowest BCUT2D eigenvalue weighted by Gasteiger charge is -2.12. The normalized spacial score (nSPS) is 10.8. The van der Waals surface area contributed by atoms with Crippen molar-refractivity contribution in [2.75, 3.05) is 24.8 Å². The molecule has 0 fully saturated rings. The van der Waals surface area contributed by atoms with Gasteiger partial charge in [-0.25, -0.2) is 4.98 Å². The number of imidazole rings is 1. The lowest BCUT2D eigenvalue weighted by Crippen LogP contribution is -2.22. The van der Waals surface area contributed by atoms with Gasteiger partial charge in [-0.15, -0.1) is 0 Å². The predicted molar refractivity (Wildman–Crippen MR) is 138 cm³/mol. The van der Waals surface area contributed by atoms with E-state index in [1.165, 1.54) is 30.0 Å². The number of fused-ring (bicyclic) bond motifs is 1. The topological polar surface area (TPSA) is 82.4 Å². The first-order chi connectivity index (χ1) is 16.9. The standard InChI is InChI=1S/C27H27N3O4S/c1-18-12-13-24(33-3)22(14-18)28-25(31)16-34-26(32)17-35-27-29-21-10-6-7-11-23(21)30(27)15-20-9-5-4-8-19(20)2/h4-14H,15-17H2,1-3H3,(H,28,31).